The summed E-state index contributed by atoms with van der Waals surface area (Å²) in [4.78, 5) is 12.5. The third-order valence-electron chi connectivity index (χ3n) is 3.39. The zero-order chi connectivity index (χ0) is 15.4. The molecular weight excluding hydrogens is 276 g/mol. The van der Waals surface area contributed by atoms with Crippen LogP contribution in [0.2, 0.25) is 0 Å². The van der Waals surface area contributed by atoms with Crippen LogP contribution in [0.5, 0.6) is 0 Å². The molecule has 2 aromatic rings. The van der Waals surface area contributed by atoms with Gasteiger partial charge in [-0.3, -0.25) is 4.79 Å². The number of carbonyl (C=O) groups excluding carboxylic acids is 1. The molecule has 4 heteroatoms. The molecule has 0 saturated carbocycles. The van der Waals surface area contributed by atoms with E-state index in [0.29, 0.717) is 5.69 Å². The highest BCUT2D eigenvalue weighted by molar-refractivity contribution is 6.03. The summed E-state index contributed by atoms with van der Waals surface area (Å²) in [6.45, 7) is 0. The summed E-state index contributed by atoms with van der Waals surface area (Å²) in [5, 5.41) is 17.9. The summed E-state index contributed by atoms with van der Waals surface area (Å²) >= 11 is 0. The molecule has 108 valence electrons. The summed E-state index contributed by atoms with van der Waals surface area (Å²) in [5.74, 6) is -0.857. The van der Waals surface area contributed by atoms with Crippen molar-refractivity contribution in [3.63, 3.8) is 0 Å². The molecule has 2 aromatic carbocycles. The molecule has 0 aliphatic heterocycles. The van der Waals surface area contributed by atoms with Crippen LogP contribution in [0.25, 0.3) is 0 Å². The second-order valence-electron chi connectivity index (χ2n) is 4.88. The Balaban J connectivity index is 1.89. The van der Waals surface area contributed by atoms with Gasteiger partial charge in [-0.15, -0.1) is 5.11 Å². The van der Waals surface area contributed by atoms with Crippen LogP contribution in [0, 0.1) is 0 Å². The molecule has 1 aliphatic rings. The number of aliphatic hydroxyl groups excluding tert-OH is 1. The third kappa shape index (κ3) is 2.86. The lowest BCUT2D eigenvalue weighted by Gasteiger charge is -2.16. The molecule has 22 heavy (non-hydrogen) atoms. The van der Waals surface area contributed by atoms with E-state index in [-0.39, 0.29) is 17.2 Å². The van der Waals surface area contributed by atoms with Gasteiger partial charge in [0.25, 0.3) is 0 Å². The molecule has 0 radical (unpaired) electrons. The molecule has 1 atom stereocenters. The molecule has 1 aliphatic carbocycles. The standard InChI is InChI=1S/C18H14N2O2/c21-16-12-11-15(13-7-3-1-4-8-13)18(22)17(16)20-19-14-9-5-2-6-10-14/h1-12,15,21H. The van der Waals surface area contributed by atoms with Crippen molar-refractivity contribution in [3.8, 4) is 0 Å². The normalized spacial score (nSPS) is 18.2. The average Bonchev–Trinajstić information content (AvgIpc) is 2.56. The highest BCUT2D eigenvalue weighted by atomic mass is 16.3. The highest BCUT2D eigenvalue weighted by Crippen LogP contribution is 2.29. The lowest BCUT2D eigenvalue weighted by Crippen LogP contribution is -2.16. The summed E-state index contributed by atoms with van der Waals surface area (Å²) in [7, 11) is 0. The first-order chi connectivity index (χ1) is 10.8. The number of aliphatic hydroxyl groups is 1. The molecule has 0 aromatic heterocycles. The smallest absolute Gasteiger partial charge is 0.198 e. The minimum Gasteiger partial charge on any atom is -0.505 e. The number of hydrogen-bond acceptors (Lipinski definition) is 4. The maximum Gasteiger partial charge on any atom is 0.198 e. The van der Waals surface area contributed by atoms with E-state index in [4.69, 9.17) is 0 Å². The highest BCUT2D eigenvalue weighted by Gasteiger charge is 2.27. The fraction of sp³-hybridized carbons (Fsp3) is 0.0556. The van der Waals surface area contributed by atoms with Crippen molar-refractivity contribution in [1.29, 1.82) is 0 Å². The first kappa shape index (κ1) is 13.9. The van der Waals surface area contributed by atoms with Crippen molar-refractivity contribution in [1.82, 2.24) is 0 Å². The first-order valence-corrected chi connectivity index (χ1v) is 6.93. The molecular formula is C18H14N2O2. The number of ketones is 1. The van der Waals surface area contributed by atoms with Gasteiger partial charge in [-0.25, -0.2) is 0 Å². The molecule has 3 rings (SSSR count). The second-order valence-corrected chi connectivity index (χ2v) is 4.88. The summed E-state index contributed by atoms with van der Waals surface area (Å²) in [5.41, 5.74) is 1.48. The minimum absolute atomic E-state index is 0.0137. The molecule has 0 spiro atoms. The Kier molecular flexibility index (Phi) is 3.92. The molecule has 0 amide bonds. The van der Waals surface area contributed by atoms with E-state index in [0.717, 1.165) is 5.56 Å². The first-order valence-electron chi connectivity index (χ1n) is 6.93. The maximum atomic E-state index is 12.5. The van der Waals surface area contributed by atoms with E-state index < -0.39 is 5.92 Å². The van der Waals surface area contributed by atoms with Gasteiger partial charge >= 0.3 is 0 Å². The van der Waals surface area contributed by atoms with Crippen molar-refractivity contribution in [2.45, 2.75) is 5.92 Å². The molecule has 0 saturated heterocycles. The van der Waals surface area contributed by atoms with E-state index >= 15 is 0 Å². The predicted octanol–water partition coefficient (Wildman–Crippen LogP) is 4.46. The van der Waals surface area contributed by atoms with Gasteiger partial charge in [0, 0.05) is 0 Å². The molecule has 0 heterocycles. The lowest BCUT2D eigenvalue weighted by molar-refractivity contribution is -0.116. The molecule has 1 N–H and O–H groups in total. The van der Waals surface area contributed by atoms with Crippen molar-refractivity contribution in [2.75, 3.05) is 0 Å². The van der Waals surface area contributed by atoms with Crippen LogP contribution in [0.1, 0.15) is 11.5 Å². The minimum atomic E-state index is -0.443. The van der Waals surface area contributed by atoms with Crippen molar-refractivity contribution >= 4 is 11.5 Å². The van der Waals surface area contributed by atoms with Crippen molar-refractivity contribution < 1.29 is 9.90 Å². The van der Waals surface area contributed by atoms with E-state index in [9.17, 15) is 9.90 Å². The number of Topliss-reactive ketones (excluding diaryl/α,β-unsaturated/α-hetero) is 1. The Hall–Kier alpha value is -3.01. The number of rotatable bonds is 3. The van der Waals surface area contributed by atoms with Gasteiger partial charge in [0.2, 0.25) is 0 Å². The largest absolute Gasteiger partial charge is 0.505 e. The van der Waals surface area contributed by atoms with Crippen LogP contribution < -0.4 is 0 Å². The Labute approximate surface area is 128 Å². The third-order valence-corrected chi connectivity index (χ3v) is 3.39. The summed E-state index contributed by atoms with van der Waals surface area (Å²) in [6, 6.07) is 18.5. The Morgan fingerprint density at radius 3 is 2.18 bits per heavy atom. The van der Waals surface area contributed by atoms with E-state index in [1.165, 1.54) is 6.08 Å². The van der Waals surface area contributed by atoms with Gasteiger partial charge < -0.3 is 5.11 Å². The van der Waals surface area contributed by atoms with Crippen molar-refractivity contribution in [3.05, 3.63) is 89.8 Å². The quantitative estimate of drug-likeness (QED) is 0.848. The molecule has 1 unspecified atom stereocenters. The van der Waals surface area contributed by atoms with Gasteiger partial charge in [-0.2, -0.15) is 5.11 Å². The van der Waals surface area contributed by atoms with Crippen LogP contribution in [0.15, 0.2) is 94.5 Å². The average molecular weight is 290 g/mol. The maximum absolute atomic E-state index is 12.5. The number of azo groups is 1. The number of nitrogens with zero attached hydrogens (tertiary/aromatic N) is 2. The number of allylic oxidation sites excluding steroid dienone is 3. The van der Waals surface area contributed by atoms with E-state index in [2.05, 4.69) is 10.2 Å². The number of hydrogen-bond donors (Lipinski definition) is 1. The van der Waals surface area contributed by atoms with Gasteiger partial charge in [0.1, 0.15) is 5.76 Å². The zero-order valence-corrected chi connectivity index (χ0v) is 11.8. The topological polar surface area (TPSA) is 62.0 Å². The van der Waals surface area contributed by atoms with Gasteiger partial charge in [0.15, 0.2) is 11.5 Å². The van der Waals surface area contributed by atoms with Crippen LogP contribution in [0.3, 0.4) is 0 Å². The van der Waals surface area contributed by atoms with Crippen LogP contribution >= 0.6 is 0 Å². The van der Waals surface area contributed by atoms with Crippen LogP contribution in [-0.4, -0.2) is 10.9 Å². The number of benzene rings is 2. The van der Waals surface area contributed by atoms with E-state index in [1.807, 2.05) is 48.5 Å². The van der Waals surface area contributed by atoms with Gasteiger partial charge in [-0.1, -0.05) is 54.6 Å². The fourth-order valence-electron chi connectivity index (χ4n) is 2.25. The van der Waals surface area contributed by atoms with Gasteiger partial charge in [0.05, 0.1) is 11.6 Å². The Bertz CT molecular complexity index is 762. The molecule has 4 nitrogen and oxygen atoms in total. The Morgan fingerprint density at radius 2 is 1.50 bits per heavy atom. The van der Waals surface area contributed by atoms with Crippen LogP contribution in [-0.2, 0) is 4.79 Å². The van der Waals surface area contributed by atoms with Crippen molar-refractivity contribution in [2.24, 2.45) is 10.2 Å². The Morgan fingerprint density at radius 1 is 0.864 bits per heavy atom. The summed E-state index contributed by atoms with van der Waals surface area (Å²) < 4.78 is 0. The van der Waals surface area contributed by atoms with Crippen LogP contribution in [0.4, 0.5) is 5.69 Å². The fourth-order valence-corrected chi connectivity index (χ4v) is 2.25. The summed E-state index contributed by atoms with van der Waals surface area (Å²) in [6.07, 6.45) is 3.17. The molecule has 0 bridgehead atoms. The monoisotopic (exact) mass is 290 g/mol. The SMILES string of the molecule is O=C1C(N=Nc2ccccc2)=C(O)C=CC1c1ccccc1. The predicted molar refractivity (Wildman–Crippen MR) is 83.9 cm³/mol. The lowest BCUT2D eigenvalue weighted by atomic mass is 9.89. The number of carbonyl (C=O) groups is 1. The zero-order valence-electron chi connectivity index (χ0n) is 11.8. The molecule has 0 fully saturated rings. The van der Waals surface area contributed by atoms with E-state index in [1.54, 1.807) is 18.2 Å². The second kappa shape index (κ2) is 6.18. The van der Waals surface area contributed by atoms with Gasteiger partial charge in [-0.05, 0) is 23.8 Å².